The quantitative estimate of drug-likeness (QED) is 0.226. The van der Waals surface area contributed by atoms with Gasteiger partial charge < -0.3 is 19.2 Å². The molecule has 0 radical (unpaired) electrons. The zero-order valence-electron chi connectivity index (χ0n) is 17.2. The third-order valence-electron chi connectivity index (χ3n) is 4.78. The maximum atomic E-state index is 5.98. The number of fused-ring (bicyclic) bond motifs is 1. The van der Waals surface area contributed by atoms with Crippen molar-refractivity contribution in [3.8, 4) is 0 Å². The number of para-hydroxylation sites is 1. The lowest BCUT2D eigenvalue weighted by atomic mass is 10.2. The molecule has 1 N–H and O–H groups in total. The van der Waals surface area contributed by atoms with Gasteiger partial charge in [-0.1, -0.05) is 24.3 Å². The molecule has 0 atom stereocenters. The number of nitrogens with zero attached hydrogens (tertiary/aromatic N) is 5. The minimum absolute atomic E-state index is 0. The van der Waals surface area contributed by atoms with Crippen LogP contribution in [0.15, 0.2) is 57.3 Å². The zero-order valence-corrected chi connectivity index (χ0v) is 20.3. The minimum Gasteiger partial charge on any atom is -0.459 e. The number of aliphatic imine (C=N–C) groups is 1. The van der Waals surface area contributed by atoms with E-state index in [0.717, 1.165) is 40.9 Å². The standard InChI is InChI=1S/C21H24N6OS.HI/c1-15-24-25-20(27(15)3)13-23-21(22-12-18-8-6-10-29-18)26(2)14-17-11-16-7-4-5-9-19(16)28-17;/h4-11H,12-14H2,1-3H3,(H,22,23);1H. The third kappa shape index (κ3) is 5.20. The van der Waals surface area contributed by atoms with Crippen LogP contribution in [0.5, 0.6) is 0 Å². The zero-order chi connectivity index (χ0) is 20.2. The van der Waals surface area contributed by atoms with E-state index in [4.69, 9.17) is 9.41 Å². The lowest BCUT2D eigenvalue weighted by Crippen LogP contribution is -2.38. The summed E-state index contributed by atoms with van der Waals surface area (Å²) in [6.45, 7) is 3.72. The van der Waals surface area contributed by atoms with E-state index in [1.54, 1.807) is 11.3 Å². The predicted octanol–water partition coefficient (Wildman–Crippen LogP) is 4.33. The average molecular weight is 536 g/mol. The van der Waals surface area contributed by atoms with Crippen LogP contribution < -0.4 is 5.32 Å². The first-order valence-corrected chi connectivity index (χ1v) is 10.3. The smallest absolute Gasteiger partial charge is 0.194 e. The summed E-state index contributed by atoms with van der Waals surface area (Å²) < 4.78 is 7.93. The van der Waals surface area contributed by atoms with Crippen LogP contribution in [0.2, 0.25) is 0 Å². The second-order valence-corrected chi connectivity index (χ2v) is 7.93. The summed E-state index contributed by atoms with van der Waals surface area (Å²) in [6.07, 6.45) is 0. The normalized spacial score (nSPS) is 11.5. The number of rotatable bonds is 6. The number of aryl methyl sites for hydroxylation is 1. The highest BCUT2D eigenvalue weighted by molar-refractivity contribution is 14.0. The molecule has 0 unspecified atom stereocenters. The predicted molar refractivity (Wildman–Crippen MR) is 131 cm³/mol. The summed E-state index contributed by atoms with van der Waals surface area (Å²) >= 11 is 1.72. The molecule has 3 aromatic heterocycles. The minimum atomic E-state index is 0. The molecule has 0 aliphatic rings. The number of benzene rings is 1. The lowest BCUT2D eigenvalue weighted by molar-refractivity contribution is 0.411. The van der Waals surface area contributed by atoms with E-state index >= 15 is 0 Å². The van der Waals surface area contributed by atoms with Crippen LogP contribution in [-0.2, 0) is 26.7 Å². The van der Waals surface area contributed by atoms with E-state index in [2.05, 4.69) is 50.1 Å². The van der Waals surface area contributed by atoms with Gasteiger partial charge in [0.2, 0.25) is 0 Å². The Morgan fingerprint density at radius 2 is 2.07 bits per heavy atom. The van der Waals surface area contributed by atoms with Crippen molar-refractivity contribution in [2.45, 2.75) is 26.6 Å². The van der Waals surface area contributed by atoms with Crippen molar-refractivity contribution in [1.82, 2.24) is 25.0 Å². The van der Waals surface area contributed by atoms with Crippen LogP contribution in [0.1, 0.15) is 22.3 Å². The van der Waals surface area contributed by atoms with E-state index in [-0.39, 0.29) is 24.0 Å². The Hall–Kier alpha value is -2.40. The fourth-order valence-corrected chi connectivity index (χ4v) is 3.69. The van der Waals surface area contributed by atoms with E-state index in [9.17, 15) is 0 Å². The molecule has 9 heteroatoms. The fourth-order valence-electron chi connectivity index (χ4n) is 3.05. The Morgan fingerprint density at radius 1 is 1.23 bits per heavy atom. The number of aromatic nitrogens is 3. The highest BCUT2D eigenvalue weighted by Gasteiger charge is 2.12. The summed E-state index contributed by atoms with van der Waals surface area (Å²) in [4.78, 5) is 8.11. The van der Waals surface area contributed by atoms with Crippen molar-refractivity contribution in [2.75, 3.05) is 7.05 Å². The molecule has 0 aliphatic carbocycles. The van der Waals surface area contributed by atoms with Crippen molar-refractivity contribution in [3.05, 3.63) is 70.1 Å². The molecule has 0 bridgehead atoms. The van der Waals surface area contributed by atoms with Gasteiger partial charge in [0.1, 0.15) is 23.7 Å². The van der Waals surface area contributed by atoms with Gasteiger partial charge in [-0.3, -0.25) is 0 Å². The molecule has 0 spiro atoms. The Bertz CT molecular complexity index is 1080. The maximum Gasteiger partial charge on any atom is 0.194 e. The highest BCUT2D eigenvalue weighted by atomic mass is 127. The number of guanidine groups is 1. The molecule has 158 valence electrons. The molecule has 4 aromatic rings. The molecule has 1 aromatic carbocycles. The number of hydrogen-bond acceptors (Lipinski definition) is 5. The van der Waals surface area contributed by atoms with Crippen LogP contribution in [0, 0.1) is 6.92 Å². The van der Waals surface area contributed by atoms with Crippen molar-refractivity contribution in [3.63, 3.8) is 0 Å². The fraction of sp³-hybridized carbons (Fsp3) is 0.286. The van der Waals surface area contributed by atoms with Crippen molar-refractivity contribution in [2.24, 2.45) is 12.0 Å². The van der Waals surface area contributed by atoms with Gasteiger partial charge in [0, 0.05) is 24.4 Å². The number of furan rings is 1. The maximum absolute atomic E-state index is 5.98. The summed E-state index contributed by atoms with van der Waals surface area (Å²) in [7, 11) is 3.96. The third-order valence-corrected chi connectivity index (χ3v) is 5.66. The van der Waals surface area contributed by atoms with Crippen LogP contribution in [0.25, 0.3) is 11.0 Å². The molecular formula is C21H25IN6OS. The van der Waals surface area contributed by atoms with Crippen LogP contribution >= 0.6 is 35.3 Å². The Labute approximate surface area is 196 Å². The van der Waals surface area contributed by atoms with Gasteiger partial charge in [-0.15, -0.1) is 45.5 Å². The van der Waals surface area contributed by atoms with Crippen LogP contribution in [0.4, 0.5) is 0 Å². The second-order valence-electron chi connectivity index (χ2n) is 6.90. The largest absolute Gasteiger partial charge is 0.459 e. The van der Waals surface area contributed by atoms with E-state index in [0.29, 0.717) is 13.1 Å². The number of hydrogen-bond donors (Lipinski definition) is 1. The topological polar surface area (TPSA) is 71.5 Å². The monoisotopic (exact) mass is 536 g/mol. The molecule has 30 heavy (non-hydrogen) atoms. The molecule has 0 amide bonds. The number of nitrogens with one attached hydrogen (secondary N) is 1. The van der Waals surface area contributed by atoms with Crippen molar-refractivity contribution in [1.29, 1.82) is 0 Å². The first-order valence-electron chi connectivity index (χ1n) is 9.44. The van der Waals surface area contributed by atoms with Crippen LogP contribution in [0.3, 0.4) is 0 Å². The van der Waals surface area contributed by atoms with Gasteiger partial charge in [-0.2, -0.15) is 0 Å². The van der Waals surface area contributed by atoms with E-state index in [1.807, 2.05) is 43.8 Å². The summed E-state index contributed by atoms with van der Waals surface area (Å²) in [6, 6.07) is 14.3. The molecule has 0 fully saturated rings. The first-order chi connectivity index (χ1) is 14.1. The van der Waals surface area contributed by atoms with Crippen molar-refractivity contribution >= 4 is 52.2 Å². The van der Waals surface area contributed by atoms with Gasteiger partial charge in [0.25, 0.3) is 0 Å². The Balaban J connectivity index is 0.00000256. The number of halogens is 1. The lowest BCUT2D eigenvalue weighted by Gasteiger charge is -2.21. The molecule has 0 saturated heterocycles. The molecule has 0 aliphatic heterocycles. The van der Waals surface area contributed by atoms with Gasteiger partial charge in [-0.05, 0) is 30.5 Å². The first kappa shape index (κ1) is 22.3. The van der Waals surface area contributed by atoms with Gasteiger partial charge in [0.15, 0.2) is 11.8 Å². The average Bonchev–Trinajstić information content (AvgIpc) is 3.44. The molecule has 0 saturated carbocycles. The Kier molecular flexibility index (Phi) is 7.48. The second kappa shape index (κ2) is 10.1. The van der Waals surface area contributed by atoms with Gasteiger partial charge in [0.05, 0.1) is 13.1 Å². The molecular weight excluding hydrogens is 511 g/mol. The summed E-state index contributed by atoms with van der Waals surface area (Å²) in [5.41, 5.74) is 0.899. The summed E-state index contributed by atoms with van der Waals surface area (Å²) in [5, 5.41) is 15.0. The summed E-state index contributed by atoms with van der Waals surface area (Å²) in [5.74, 6) is 3.39. The molecule has 7 nitrogen and oxygen atoms in total. The van der Waals surface area contributed by atoms with E-state index < -0.39 is 0 Å². The van der Waals surface area contributed by atoms with Gasteiger partial charge >= 0.3 is 0 Å². The van der Waals surface area contributed by atoms with E-state index in [1.165, 1.54) is 4.88 Å². The SMILES string of the molecule is Cc1nnc(CN=C(NCc2cccs2)N(C)Cc2cc3ccccc3o2)n1C.I. The molecule has 4 rings (SSSR count). The van der Waals surface area contributed by atoms with Crippen molar-refractivity contribution < 1.29 is 4.42 Å². The number of thiophene rings is 1. The Morgan fingerprint density at radius 3 is 2.77 bits per heavy atom. The highest BCUT2D eigenvalue weighted by Crippen LogP contribution is 2.20. The molecule has 3 heterocycles. The van der Waals surface area contributed by atoms with Crippen LogP contribution in [-0.4, -0.2) is 32.7 Å². The van der Waals surface area contributed by atoms with Gasteiger partial charge in [-0.25, -0.2) is 4.99 Å².